The van der Waals surface area contributed by atoms with Crippen LogP contribution in [0.5, 0.6) is 5.75 Å². The van der Waals surface area contributed by atoms with Crippen molar-refractivity contribution in [3.05, 3.63) is 58.3 Å². The highest BCUT2D eigenvalue weighted by Gasteiger charge is 2.27. The van der Waals surface area contributed by atoms with Gasteiger partial charge in [0.05, 0.1) is 19.7 Å². The van der Waals surface area contributed by atoms with Crippen molar-refractivity contribution in [3.63, 3.8) is 0 Å². The molecule has 9 heteroatoms. The highest BCUT2D eigenvalue weighted by atomic mass is 79.9. The zero-order valence-corrected chi connectivity index (χ0v) is 17.5. The van der Waals surface area contributed by atoms with Crippen molar-refractivity contribution >= 4 is 31.9 Å². The molecule has 0 fully saturated rings. The quantitative estimate of drug-likeness (QED) is 0.691. The van der Waals surface area contributed by atoms with Gasteiger partial charge in [-0.2, -0.15) is 4.31 Å². The molecule has 146 valence electrons. The van der Waals surface area contributed by atoms with E-state index in [2.05, 4.69) is 21.2 Å². The number of hydrogen-bond donors (Lipinski definition) is 1. The highest BCUT2D eigenvalue weighted by molar-refractivity contribution is 9.10. The third-order valence-electron chi connectivity index (χ3n) is 3.93. The van der Waals surface area contributed by atoms with Crippen molar-refractivity contribution in [1.29, 1.82) is 0 Å². The first-order valence-electron chi connectivity index (χ1n) is 8.00. The van der Waals surface area contributed by atoms with E-state index in [1.54, 1.807) is 6.92 Å². The van der Waals surface area contributed by atoms with Crippen LogP contribution in [0.2, 0.25) is 0 Å². The summed E-state index contributed by atoms with van der Waals surface area (Å²) < 4.78 is 45.6. The summed E-state index contributed by atoms with van der Waals surface area (Å²) >= 11 is 3.34. The van der Waals surface area contributed by atoms with Crippen molar-refractivity contribution in [1.82, 2.24) is 9.62 Å². The summed E-state index contributed by atoms with van der Waals surface area (Å²) in [6, 6.07) is 10.3. The molecule has 1 N–H and O–H groups in total. The van der Waals surface area contributed by atoms with Gasteiger partial charge in [0.15, 0.2) is 0 Å². The Labute approximate surface area is 166 Å². The monoisotopic (exact) mass is 458 g/mol. The maximum atomic E-state index is 13.5. The van der Waals surface area contributed by atoms with E-state index >= 15 is 0 Å². The van der Waals surface area contributed by atoms with E-state index in [1.807, 2.05) is 24.3 Å². The van der Waals surface area contributed by atoms with Crippen LogP contribution in [0.4, 0.5) is 4.39 Å². The molecule has 0 spiro atoms. The third-order valence-corrected chi connectivity index (χ3v) is 6.28. The molecule has 0 saturated heterocycles. The highest BCUT2D eigenvalue weighted by Crippen LogP contribution is 2.26. The molecule has 0 radical (unpaired) electrons. The number of benzene rings is 2. The van der Waals surface area contributed by atoms with Crippen LogP contribution in [0.25, 0.3) is 0 Å². The van der Waals surface area contributed by atoms with Gasteiger partial charge in [0, 0.05) is 11.5 Å². The molecule has 0 aliphatic carbocycles. The number of likely N-dealkylation sites (N-methyl/N-ethyl adjacent to an activating group) is 1. The van der Waals surface area contributed by atoms with E-state index < -0.39 is 28.3 Å². The van der Waals surface area contributed by atoms with Gasteiger partial charge in [0.25, 0.3) is 0 Å². The van der Waals surface area contributed by atoms with Gasteiger partial charge in [-0.25, -0.2) is 12.8 Å². The fraction of sp³-hybridized carbons (Fsp3) is 0.278. The van der Waals surface area contributed by atoms with Gasteiger partial charge >= 0.3 is 0 Å². The van der Waals surface area contributed by atoms with Gasteiger partial charge in [0.2, 0.25) is 15.9 Å². The smallest absolute Gasteiger partial charge is 0.247 e. The standard InChI is InChI=1S/C18H20BrFN2O4S/c1-12(13-4-6-14(19)7-5-13)21-18(23)11-22(2)27(24,25)17-10-15(20)8-9-16(17)26-3/h4-10,12H,11H2,1-3H3,(H,21,23). The SMILES string of the molecule is COc1ccc(F)cc1S(=O)(=O)N(C)CC(=O)NC(C)c1ccc(Br)cc1. The summed E-state index contributed by atoms with van der Waals surface area (Å²) in [5, 5.41) is 2.74. The molecule has 2 rings (SSSR count). The maximum Gasteiger partial charge on any atom is 0.247 e. The Morgan fingerprint density at radius 3 is 2.48 bits per heavy atom. The van der Waals surface area contributed by atoms with Crippen LogP contribution in [0.15, 0.2) is 51.8 Å². The van der Waals surface area contributed by atoms with Crippen molar-refractivity contribution < 1.29 is 22.3 Å². The lowest BCUT2D eigenvalue weighted by Crippen LogP contribution is -2.39. The van der Waals surface area contributed by atoms with Gasteiger partial charge in [-0.05, 0) is 42.8 Å². The molecular weight excluding hydrogens is 439 g/mol. The van der Waals surface area contributed by atoms with Gasteiger partial charge in [-0.3, -0.25) is 4.79 Å². The molecule has 27 heavy (non-hydrogen) atoms. The van der Waals surface area contributed by atoms with Gasteiger partial charge in [0.1, 0.15) is 16.5 Å². The summed E-state index contributed by atoms with van der Waals surface area (Å²) in [5.74, 6) is -1.19. The molecule has 2 aromatic rings. The van der Waals surface area contributed by atoms with Gasteiger partial charge in [-0.15, -0.1) is 0 Å². The van der Waals surface area contributed by atoms with Crippen LogP contribution in [0.3, 0.4) is 0 Å². The summed E-state index contributed by atoms with van der Waals surface area (Å²) in [5.41, 5.74) is 0.879. The lowest BCUT2D eigenvalue weighted by atomic mass is 10.1. The fourth-order valence-electron chi connectivity index (χ4n) is 2.43. The van der Waals surface area contributed by atoms with E-state index in [4.69, 9.17) is 4.74 Å². The summed E-state index contributed by atoms with van der Waals surface area (Å²) in [6.07, 6.45) is 0. The Bertz CT molecular complexity index is 919. The Morgan fingerprint density at radius 1 is 1.26 bits per heavy atom. The molecule has 1 unspecified atom stereocenters. The number of carbonyl (C=O) groups excluding carboxylic acids is 1. The second kappa shape index (κ2) is 8.81. The number of nitrogens with zero attached hydrogens (tertiary/aromatic N) is 1. The first-order chi connectivity index (χ1) is 12.6. The van der Waals surface area contributed by atoms with E-state index in [0.29, 0.717) is 0 Å². The van der Waals surface area contributed by atoms with Crippen molar-refractivity contribution in [2.45, 2.75) is 17.9 Å². The fourth-order valence-corrected chi connectivity index (χ4v) is 3.98. The average Bonchev–Trinajstić information content (AvgIpc) is 2.61. The number of methoxy groups -OCH3 is 1. The largest absolute Gasteiger partial charge is 0.495 e. The number of sulfonamides is 1. The molecule has 0 aliphatic heterocycles. The third kappa shape index (κ3) is 5.27. The first kappa shape index (κ1) is 21.3. The molecule has 2 aromatic carbocycles. The second-order valence-electron chi connectivity index (χ2n) is 5.90. The van der Waals surface area contributed by atoms with Crippen molar-refractivity contribution in [3.8, 4) is 5.75 Å². The molecule has 0 heterocycles. The minimum atomic E-state index is -4.10. The second-order valence-corrected chi connectivity index (χ2v) is 8.83. The number of rotatable bonds is 7. The molecular formula is C18H20BrFN2O4S. The summed E-state index contributed by atoms with van der Waals surface area (Å²) in [6.45, 7) is 1.38. The van der Waals surface area contributed by atoms with Gasteiger partial charge < -0.3 is 10.1 Å². The first-order valence-corrected chi connectivity index (χ1v) is 10.2. The predicted octanol–water partition coefficient (Wildman–Crippen LogP) is 3.09. The molecule has 0 aliphatic rings. The minimum Gasteiger partial charge on any atom is -0.495 e. The van der Waals surface area contributed by atoms with E-state index in [1.165, 1.54) is 20.2 Å². The lowest BCUT2D eigenvalue weighted by Gasteiger charge is -2.20. The van der Waals surface area contributed by atoms with Gasteiger partial charge in [-0.1, -0.05) is 28.1 Å². The Hall–Kier alpha value is -1.97. The van der Waals surface area contributed by atoms with Crippen molar-refractivity contribution in [2.24, 2.45) is 0 Å². The van der Waals surface area contributed by atoms with Crippen LogP contribution in [0, 0.1) is 5.82 Å². The van der Waals surface area contributed by atoms with E-state index in [9.17, 15) is 17.6 Å². The predicted molar refractivity (Wildman–Crippen MR) is 103 cm³/mol. The van der Waals surface area contributed by atoms with Crippen molar-refractivity contribution in [2.75, 3.05) is 20.7 Å². The van der Waals surface area contributed by atoms with Crippen LogP contribution in [-0.4, -0.2) is 39.3 Å². The van der Waals surface area contributed by atoms with E-state index in [-0.39, 0.29) is 16.7 Å². The summed E-state index contributed by atoms with van der Waals surface area (Å²) in [4.78, 5) is 11.9. The molecule has 0 saturated carbocycles. The van der Waals surface area contributed by atoms with Crippen LogP contribution in [-0.2, 0) is 14.8 Å². The van der Waals surface area contributed by atoms with E-state index in [0.717, 1.165) is 26.5 Å². The lowest BCUT2D eigenvalue weighted by molar-refractivity contribution is -0.121. The summed E-state index contributed by atoms with van der Waals surface area (Å²) in [7, 11) is -1.56. The Kier molecular flexibility index (Phi) is 6.96. The van der Waals surface area contributed by atoms with Crippen LogP contribution < -0.4 is 10.1 Å². The molecule has 0 aromatic heterocycles. The topological polar surface area (TPSA) is 75.7 Å². The number of halogens is 2. The number of ether oxygens (including phenoxy) is 1. The molecule has 0 bridgehead atoms. The molecule has 6 nitrogen and oxygen atoms in total. The number of nitrogens with one attached hydrogen (secondary N) is 1. The number of hydrogen-bond acceptors (Lipinski definition) is 4. The number of carbonyl (C=O) groups is 1. The number of amides is 1. The Morgan fingerprint density at radius 2 is 1.89 bits per heavy atom. The zero-order chi connectivity index (χ0) is 20.2. The average molecular weight is 459 g/mol. The minimum absolute atomic E-state index is 0.00638. The zero-order valence-electron chi connectivity index (χ0n) is 15.1. The Balaban J connectivity index is 2.11. The van der Waals surface area contributed by atoms with Crippen LogP contribution >= 0.6 is 15.9 Å². The molecule has 1 atom stereocenters. The van der Waals surface area contributed by atoms with Crippen LogP contribution in [0.1, 0.15) is 18.5 Å². The maximum absolute atomic E-state index is 13.5. The normalized spacial score (nSPS) is 12.7. The molecule has 1 amide bonds.